The SMILES string of the molecule is Cc1ccc/c(=N/I)n1I. The van der Waals surface area contributed by atoms with Gasteiger partial charge in [0, 0.05) is 5.69 Å². The molecule has 0 aliphatic heterocycles. The summed E-state index contributed by atoms with van der Waals surface area (Å²) >= 11 is 4.22. The van der Waals surface area contributed by atoms with Crippen LogP contribution in [0.5, 0.6) is 0 Å². The Balaban J connectivity index is 3.43. The average Bonchev–Trinajstić information content (AvgIpc) is 1.95. The largest absolute Gasteiger partial charge is 0.271 e. The molecule has 0 fully saturated rings. The van der Waals surface area contributed by atoms with Gasteiger partial charge < -0.3 is 0 Å². The van der Waals surface area contributed by atoms with Crippen molar-refractivity contribution in [1.82, 2.24) is 2.78 Å². The Morgan fingerprint density at radius 2 is 2.20 bits per heavy atom. The summed E-state index contributed by atoms with van der Waals surface area (Å²) in [6, 6.07) is 6.03. The topological polar surface area (TPSA) is 17.3 Å². The predicted molar refractivity (Wildman–Crippen MR) is 58.2 cm³/mol. The zero-order chi connectivity index (χ0) is 7.56. The van der Waals surface area contributed by atoms with Gasteiger partial charge in [0.25, 0.3) is 0 Å². The summed E-state index contributed by atoms with van der Waals surface area (Å²) < 4.78 is 6.07. The van der Waals surface area contributed by atoms with E-state index < -0.39 is 0 Å². The summed E-state index contributed by atoms with van der Waals surface area (Å²) in [4.78, 5) is 0. The monoisotopic (exact) mass is 360 g/mol. The summed E-state index contributed by atoms with van der Waals surface area (Å²) in [6.45, 7) is 2.05. The average molecular weight is 360 g/mol. The van der Waals surface area contributed by atoms with Crippen LogP contribution in [0.1, 0.15) is 5.69 Å². The lowest BCUT2D eigenvalue weighted by molar-refractivity contribution is 1.09. The molecule has 0 saturated heterocycles. The van der Waals surface area contributed by atoms with E-state index in [4.69, 9.17) is 0 Å². The second-order valence-corrected chi connectivity index (χ2v) is 3.34. The van der Waals surface area contributed by atoms with Gasteiger partial charge in [-0.25, -0.2) is 0 Å². The molecule has 0 aromatic carbocycles. The van der Waals surface area contributed by atoms with E-state index in [9.17, 15) is 0 Å². The molecule has 0 amide bonds. The maximum Gasteiger partial charge on any atom is 0.147 e. The lowest BCUT2D eigenvalue weighted by Crippen LogP contribution is -2.12. The van der Waals surface area contributed by atoms with Gasteiger partial charge in [-0.3, -0.25) is 2.78 Å². The van der Waals surface area contributed by atoms with Crippen molar-refractivity contribution in [3.8, 4) is 0 Å². The lowest BCUT2D eigenvalue weighted by atomic mass is 10.4. The van der Waals surface area contributed by atoms with E-state index in [0.717, 1.165) is 5.49 Å². The quantitative estimate of drug-likeness (QED) is 0.632. The van der Waals surface area contributed by atoms with E-state index >= 15 is 0 Å². The second kappa shape index (κ2) is 3.70. The zero-order valence-electron chi connectivity index (χ0n) is 5.38. The van der Waals surface area contributed by atoms with E-state index in [0.29, 0.717) is 0 Å². The van der Waals surface area contributed by atoms with E-state index in [-0.39, 0.29) is 0 Å². The molecule has 0 spiro atoms. The zero-order valence-corrected chi connectivity index (χ0v) is 9.70. The first-order valence-corrected chi connectivity index (χ1v) is 4.68. The van der Waals surface area contributed by atoms with Crippen LogP contribution in [0.25, 0.3) is 0 Å². The van der Waals surface area contributed by atoms with Gasteiger partial charge in [0.1, 0.15) is 5.49 Å². The van der Waals surface area contributed by atoms with Crippen molar-refractivity contribution in [1.29, 1.82) is 0 Å². The number of hydrogen-bond acceptors (Lipinski definition) is 1. The van der Waals surface area contributed by atoms with Gasteiger partial charge >= 0.3 is 0 Å². The van der Waals surface area contributed by atoms with Crippen LogP contribution >= 0.6 is 45.7 Å². The summed E-state index contributed by atoms with van der Waals surface area (Å²) in [7, 11) is 0. The minimum Gasteiger partial charge on any atom is -0.271 e. The van der Waals surface area contributed by atoms with Crippen LogP contribution in [0.15, 0.2) is 21.4 Å². The molecule has 0 unspecified atom stereocenters. The second-order valence-electron chi connectivity index (χ2n) is 1.89. The number of nitrogens with zero attached hydrogens (tertiary/aromatic N) is 2. The Kier molecular flexibility index (Phi) is 3.15. The van der Waals surface area contributed by atoms with Crippen LogP contribution in [0, 0.1) is 6.92 Å². The first kappa shape index (κ1) is 8.51. The van der Waals surface area contributed by atoms with Gasteiger partial charge in [0.2, 0.25) is 0 Å². The van der Waals surface area contributed by atoms with Crippen molar-refractivity contribution in [2.75, 3.05) is 0 Å². The Morgan fingerprint density at radius 1 is 1.50 bits per heavy atom. The highest BCUT2D eigenvalue weighted by molar-refractivity contribution is 14.1. The number of hydrogen-bond donors (Lipinski definition) is 0. The number of halogens is 2. The van der Waals surface area contributed by atoms with Crippen molar-refractivity contribution in [3.63, 3.8) is 0 Å². The van der Waals surface area contributed by atoms with Gasteiger partial charge in [-0.15, -0.1) is 0 Å². The fraction of sp³-hybridized carbons (Fsp3) is 0.167. The molecule has 0 aliphatic carbocycles. The molecule has 0 aliphatic rings. The summed E-state index contributed by atoms with van der Waals surface area (Å²) in [6.07, 6.45) is 0. The Labute approximate surface area is 87.4 Å². The number of rotatable bonds is 0. The summed E-state index contributed by atoms with van der Waals surface area (Å²) in [5.74, 6) is 0. The molecule has 0 radical (unpaired) electrons. The minimum absolute atomic E-state index is 0.987. The molecular weight excluding hydrogens is 354 g/mol. The van der Waals surface area contributed by atoms with Crippen molar-refractivity contribution in [2.45, 2.75) is 6.92 Å². The van der Waals surface area contributed by atoms with Crippen LogP contribution in [0.3, 0.4) is 0 Å². The number of aromatic nitrogens is 1. The Bertz CT molecular complexity index is 290. The van der Waals surface area contributed by atoms with Gasteiger partial charge in [-0.2, -0.15) is 3.21 Å². The molecule has 1 heterocycles. The standard InChI is InChI=1S/C6H6I2N2/c1-5-3-2-4-6(9-7)10(5)8/h2-4H,1H3/b9-6-. The minimum atomic E-state index is 0.987. The third-order valence-corrected chi connectivity index (χ3v) is 2.93. The van der Waals surface area contributed by atoms with Crippen LogP contribution in [-0.4, -0.2) is 2.78 Å². The molecule has 0 bridgehead atoms. The predicted octanol–water partition coefficient (Wildman–Crippen LogP) is 2.25. The first-order chi connectivity index (χ1) is 4.75. The molecule has 1 aromatic heterocycles. The maximum atomic E-state index is 4.06. The van der Waals surface area contributed by atoms with Crippen molar-refractivity contribution in [2.24, 2.45) is 3.21 Å². The number of pyridine rings is 1. The number of aryl methyl sites for hydroxylation is 1. The van der Waals surface area contributed by atoms with Crippen LogP contribution in [0.2, 0.25) is 0 Å². The fourth-order valence-electron chi connectivity index (χ4n) is 0.646. The lowest BCUT2D eigenvalue weighted by Gasteiger charge is -1.98. The molecule has 0 atom stereocenters. The van der Waals surface area contributed by atoms with Crippen molar-refractivity contribution in [3.05, 3.63) is 29.4 Å². The van der Waals surface area contributed by atoms with E-state index in [1.807, 2.05) is 37.8 Å². The molecule has 1 aromatic rings. The summed E-state index contributed by atoms with van der Waals surface area (Å²) in [5, 5.41) is 0. The molecule has 2 nitrogen and oxygen atoms in total. The van der Waals surface area contributed by atoms with Crippen molar-refractivity contribution < 1.29 is 0 Å². The molecule has 0 N–H and O–H groups in total. The highest BCUT2D eigenvalue weighted by atomic mass is 127. The highest BCUT2D eigenvalue weighted by Crippen LogP contribution is 1.97. The van der Waals surface area contributed by atoms with E-state index in [1.165, 1.54) is 5.69 Å². The van der Waals surface area contributed by atoms with Crippen molar-refractivity contribution >= 4 is 45.7 Å². The van der Waals surface area contributed by atoms with Gasteiger partial charge in [0.05, 0.1) is 45.7 Å². The van der Waals surface area contributed by atoms with E-state index in [2.05, 4.69) is 39.1 Å². The van der Waals surface area contributed by atoms with Crippen LogP contribution in [-0.2, 0) is 0 Å². The maximum absolute atomic E-state index is 4.06. The van der Waals surface area contributed by atoms with Gasteiger partial charge in [0.15, 0.2) is 0 Å². The van der Waals surface area contributed by atoms with E-state index in [1.54, 1.807) is 0 Å². The Hall–Kier alpha value is 0.410. The van der Waals surface area contributed by atoms with Gasteiger partial charge in [-0.1, -0.05) is 6.07 Å². The molecule has 4 heteroatoms. The first-order valence-electron chi connectivity index (χ1n) is 2.75. The van der Waals surface area contributed by atoms with Gasteiger partial charge in [-0.05, 0) is 19.1 Å². The molecule has 10 heavy (non-hydrogen) atoms. The Morgan fingerprint density at radius 3 is 2.70 bits per heavy atom. The van der Waals surface area contributed by atoms with Crippen LogP contribution < -0.4 is 5.49 Å². The highest BCUT2D eigenvalue weighted by Gasteiger charge is 1.89. The molecule has 1 rings (SSSR count). The third-order valence-electron chi connectivity index (χ3n) is 1.18. The van der Waals surface area contributed by atoms with Crippen LogP contribution in [0.4, 0.5) is 0 Å². The normalized spacial score (nSPS) is 12.1. The fourth-order valence-corrected chi connectivity index (χ4v) is 1.87. The summed E-state index contributed by atoms with van der Waals surface area (Å²) in [5.41, 5.74) is 2.19. The molecule has 54 valence electrons. The molecule has 0 saturated carbocycles. The third kappa shape index (κ3) is 1.71. The smallest absolute Gasteiger partial charge is 0.147 e. The molecular formula is C6H6I2N2.